The minimum Gasteiger partial charge on any atom is -0.490 e. The molecule has 0 aliphatic carbocycles. The van der Waals surface area contributed by atoms with Crippen LogP contribution < -0.4 is 33.8 Å². The zero-order valence-electron chi connectivity index (χ0n) is 23.6. The second-order valence-corrected chi connectivity index (χ2v) is 7.90. The molecule has 0 atom stereocenters. The summed E-state index contributed by atoms with van der Waals surface area (Å²) in [7, 11) is 1.46. The van der Waals surface area contributed by atoms with Crippen molar-refractivity contribution in [3.05, 3.63) is 34.0 Å². The van der Waals surface area contributed by atoms with Gasteiger partial charge in [-0.3, -0.25) is 4.79 Å². The maximum Gasteiger partial charge on any atom is 0.342 e. The third-order valence-electron chi connectivity index (χ3n) is 5.53. The van der Waals surface area contributed by atoms with Crippen LogP contribution >= 0.6 is 0 Å². The van der Waals surface area contributed by atoms with E-state index in [4.69, 9.17) is 37.6 Å². The van der Waals surface area contributed by atoms with Crippen molar-refractivity contribution in [2.75, 3.05) is 46.8 Å². The van der Waals surface area contributed by atoms with Crippen LogP contribution in [-0.4, -0.2) is 52.7 Å². The Morgan fingerprint density at radius 1 is 0.718 bits per heavy atom. The maximum absolute atomic E-state index is 14.0. The summed E-state index contributed by atoms with van der Waals surface area (Å²) in [6.07, 6.45) is 0. The predicted octanol–water partition coefficient (Wildman–Crippen LogP) is 5.64. The van der Waals surface area contributed by atoms with E-state index < -0.39 is 11.4 Å². The molecule has 0 bridgehead atoms. The number of hydrogen-bond acceptors (Lipinski definition) is 10. The van der Waals surface area contributed by atoms with E-state index in [2.05, 4.69) is 0 Å². The quantitative estimate of drug-likeness (QED) is 0.236. The number of esters is 1. The van der Waals surface area contributed by atoms with Crippen molar-refractivity contribution in [3.8, 4) is 45.8 Å². The first-order chi connectivity index (χ1) is 18.9. The molecular formula is C29H36O10. The molecule has 10 heteroatoms. The zero-order chi connectivity index (χ0) is 28.5. The standard InChI is InChI=1S/C29H36O10/c1-8-33-18-15-14-17(21(25(18)35-10-3)29(31)38-13-6)24-28(37-12-5)23(30)22-19(39-24)16-20(34-9-2)26(32-7)27(22)36-11-4/h14-16H,8-13H2,1-7H3. The highest BCUT2D eigenvalue weighted by molar-refractivity contribution is 6.02. The normalized spacial score (nSPS) is 10.7. The first-order valence-electron chi connectivity index (χ1n) is 13.1. The average Bonchev–Trinajstić information content (AvgIpc) is 2.91. The van der Waals surface area contributed by atoms with Crippen LogP contribution in [0.3, 0.4) is 0 Å². The van der Waals surface area contributed by atoms with Gasteiger partial charge in [0.2, 0.25) is 16.9 Å². The third kappa shape index (κ3) is 5.84. The Morgan fingerprint density at radius 3 is 1.90 bits per heavy atom. The molecule has 0 saturated carbocycles. The Kier molecular flexibility index (Phi) is 10.3. The van der Waals surface area contributed by atoms with Crippen molar-refractivity contribution in [1.29, 1.82) is 0 Å². The first-order valence-corrected chi connectivity index (χ1v) is 13.1. The number of rotatable bonds is 14. The Bertz CT molecular complexity index is 1360. The van der Waals surface area contributed by atoms with E-state index >= 15 is 0 Å². The lowest BCUT2D eigenvalue weighted by Crippen LogP contribution is -2.15. The lowest BCUT2D eigenvalue weighted by atomic mass is 10.0. The van der Waals surface area contributed by atoms with Gasteiger partial charge in [-0.25, -0.2) is 4.79 Å². The molecule has 0 saturated heterocycles. The summed E-state index contributed by atoms with van der Waals surface area (Å²) in [6, 6.07) is 4.82. The Labute approximate surface area is 227 Å². The molecule has 0 fully saturated rings. The summed E-state index contributed by atoms with van der Waals surface area (Å²) in [4.78, 5) is 27.3. The Balaban J connectivity index is 2.51. The average molecular weight is 545 g/mol. The lowest BCUT2D eigenvalue weighted by Gasteiger charge is -2.20. The second kappa shape index (κ2) is 13.6. The molecule has 0 spiro atoms. The Morgan fingerprint density at radius 2 is 1.31 bits per heavy atom. The molecule has 2 aromatic carbocycles. The fourth-order valence-electron chi connectivity index (χ4n) is 4.17. The van der Waals surface area contributed by atoms with Crippen LogP contribution in [-0.2, 0) is 4.74 Å². The number of benzene rings is 2. The lowest BCUT2D eigenvalue weighted by molar-refractivity contribution is 0.0521. The summed E-state index contributed by atoms with van der Waals surface area (Å²) in [5.74, 6) is 0.569. The van der Waals surface area contributed by atoms with Crippen LogP contribution in [0, 0.1) is 0 Å². The molecule has 0 unspecified atom stereocenters. The van der Waals surface area contributed by atoms with Crippen LogP contribution in [0.15, 0.2) is 27.4 Å². The summed E-state index contributed by atoms with van der Waals surface area (Å²) >= 11 is 0. The summed E-state index contributed by atoms with van der Waals surface area (Å²) < 4.78 is 46.3. The largest absolute Gasteiger partial charge is 0.490 e. The van der Waals surface area contributed by atoms with Gasteiger partial charge in [0.15, 0.2) is 28.8 Å². The molecule has 0 aliphatic rings. The van der Waals surface area contributed by atoms with Gasteiger partial charge in [0.05, 0.1) is 46.8 Å². The molecule has 39 heavy (non-hydrogen) atoms. The number of hydrogen-bond donors (Lipinski definition) is 0. The molecule has 1 heterocycles. The number of carbonyl (C=O) groups is 1. The molecule has 0 aliphatic heterocycles. The molecule has 212 valence electrons. The smallest absolute Gasteiger partial charge is 0.342 e. The van der Waals surface area contributed by atoms with E-state index in [1.807, 2.05) is 13.8 Å². The number of methoxy groups -OCH3 is 1. The molecule has 0 amide bonds. The van der Waals surface area contributed by atoms with E-state index in [1.54, 1.807) is 45.9 Å². The topological polar surface area (TPSA) is 112 Å². The van der Waals surface area contributed by atoms with Gasteiger partial charge in [0.1, 0.15) is 16.5 Å². The highest BCUT2D eigenvalue weighted by atomic mass is 16.5. The predicted molar refractivity (Wildman–Crippen MR) is 146 cm³/mol. The molecule has 0 N–H and O–H groups in total. The summed E-state index contributed by atoms with van der Waals surface area (Å²) in [5.41, 5.74) is -0.0430. The first kappa shape index (κ1) is 29.5. The van der Waals surface area contributed by atoms with Gasteiger partial charge < -0.3 is 37.6 Å². The molecule has 1 aromatic heterocycles. The van der Waals surface area contributed by atoms with Gasteiger partial charge in [-0.05, 0) is 53.7 Å². The van der Waals surface area contributed by atoms with E-state index in [1.165, 1.54) is 7.11 Å². The van der Waals surface area contributed by atoms with Gasteiger partial charge in [0, 0.05) is 11.6 Å². The molecule has 10 nitrogen and oxygen atoms in total. The molecule has 0 radical (unpaired) electrons. The van der Waals surface area contributed by atoms with Crippen molar-refractivity contribution in [3.63, 3.8) is 0 Å². The van der Waals surface area contributed by atoms with E-state index in [0.29, 0.717) is 24.7 Å². The highest BCUT2D eigenvalue weighted by Gasteiger charge is 2.31. The summed E-state index contributed by atoms with van der Waals surface area (Å²) in [5, 5.41) is 0.123. The number of ether oxygens (including phenoxy) is 7. The minimum atomic E-state index is -0.664. The van der Waals surface area contributed by atoms with Gasteiger partial charge in [0.25, 0.3) is 0 Å². The van der Waals surface area contributed by atoms with Crippen molar-refractivity contribution < 1.29 is 42.4 Å². The van der Waals surface area contributed by atoms with Gasteiger partial charge in [-0.15, -0.1) is 0 Å². The third-order valence-corrected chi connectivity index (χ3v) is 5.53. The monoisotopic (exact) mass is 544 g/mol. The van der Waals surface area contributed by atoms with Crippen LogP contribution in [0.25, 0.3) is 22.3 Å². The number of fused-ring (bicyclic) bond motifs is 1. The minimum absolute atomic E-state index is 0.0245. The van der Waals surface area contributed by atoms with Crippen molar-refractivity contribution in [2.45, 2.75) is 41.5 Å². The molecule has 3 rings (SSSR count). The highest BCUT2D eigenvalue weighted by Crippen LogP contribution is 2.47. The fourth-order valence-corrected chi connectivity index (χ4v) is 4.17. The van der Waals surface area contributed by atoms with Crippen LogP contribution in [0.5, 0.6) is 34.5 Å². The molecule has 3 aromatic rings. The van der Waals surface area contributed by atoms with E-state index in [-0.39, 0.29) is 77.3 Å². The maximum atomic E-state index is 14.0. The van der Waals surface area contributed by atoms with Crippen molar-refractivity contribution >= 4 is 16.9 Å². The summed E-state index contributed by atoms with van der Waals surface area (Å²) in [6.45, 7) is 12.1. The van der Waals surface area contributed by atoms with Gasteiger partial charge >= 0.3 is 5.97 Å². The fraction of sp³-hybridized carbons (Fsp3) is 0.448. The van der Waals surface area contributed by atoms with Crippen LogP contribution in [0.2, 0.25) is 0 Å². The second-order valence-electron chi connectivity index (χ2n) is 7.90. The van der Waals surface area contributed by atoms with Crippen molar-refractivity contribution in [2.24, 2.45) is 0 Å². The van der Waals surface area contributed by atoms with Crippen LogP contribution in [0.4, 0.5) is 0 Å². The number of carbonyl (C=O) groups excluding carboxylic acids is 1. The SMILES string of the molecule is CCOC(=O)c1c(-c2oc3cc(OCC)c(OC)c(OCC)c3c(=O)c2OCC)ccc(OCC)c1OCC. The Hall–Kier alpha value is -4.08. The van der Waals surface area contributed by atoms with Crippen LogP contribution in [0.1, 0.15) is 51.9 Å². The zero-order valence-corrected chi connectivity index (χ0v) is 23.6. The van der Waals surface area contributed by atoms with Crippen molar-refractivity contribution in [1.82, 2.24) is 0 Å². The van der Waals surface area contributed by atoms with E-state index in [9.17, 15) is 9.59 Å². The van der Waals surface area contributed by atoms with E-state index in [0.717, 1.165) is 0 Å². The van der Waals surface area contributed by atoms with Gasteiger partial charge in [-0.2, -0.15) is 0 Å². The van der Waals surface area contributed by atoms with Gasteiger partial charge in [-0.1, -0.05) is 0 Å². The molecular weight excluding hydrogens is 508 g/mol.